The maximum atomic E-state index is 12.2. The molecule has 7 heteroatoms. The van der Waals surface area contributed by atoms with Gasteiger partial charge in [-0.25, -0.2) is 0 Å². The number of benzene rings is 1. The Morgan fingerprint density at radius 1 is 1.38 bits per heavy atom. The topological polar surface area (TPSA) is 87.7 Å². The summed E-state index contributed by atoms with van der Waals surface area (Å²) in [5, 5.41) is 10.1. The van der Waals surface area contributed by atoms with Gasteiger partial charge in [0, 0.05) is 5.69 Å². The molecule has 0 spiro atoms. The first-order valence-corrected chi connectivity index (χ1v) is 7.30. The van der Waals surface area contributed by atoms with Crippen LogP contribution in [-0.2, 0) is 4.79 Å². The van der Waals surface area contributed by atoms with Crippen LogP contribution in [-0.4, -0.2) is 26.3 Å². The van der Waals surface area contributed by atoms with Crippen molar-refractivity contribution in [3.63, 3.8) is 0 Å². The van der Waals surface area contributed by atoms with Crippen molar-refractivity contribution in [2.45, 2.75) is 31.2 Å². The Kier molecular flexibility index (Phi) is 4.74. The van der Waals surface area contributed by atoms with Crippen molar-refractivity contribution in [3.8, 4) is 0 Å². The fourth-order valence-electron chi connectivity index (χ4n) is 1.76. The smallest absolute Gasteiger partial charge is 0.270 e. The molecule has 1 amide bonds. The van der Waals surface area contributed by atoms with Gasteiger partial charge in [-0.2, -0.15) is 5.10 Å². The second-order valence-electron chi connectivity index (χ2n) is 4.71. The molecule has 2 rings (SSSR count). The van der Waals surface area contributed by atoms with E-state index in [4.69, 9.17) is 0 Å². The van der Waals surface area contributed by atoms with Gasteiger partial charge in [-0.05, 0) is 32.4 Å². The average molecular weight is 304 g/mol. The Morgan fingerprint density at radius 3 is 2.81 bits per heavy atom. The number of nitrogens with one attached hydrogen (secondary N) is 2. The minimum absolute atomic E-state index is 0.154. The molecule has 0 aliphatic rings. The predicted octanol–water partition coefficient (Wildman–Crippen LogP) is 1.90. The molecule has 1 unspecified atom stereocenters. The van der Waals surface area contributed by atoms with Crippen molar-refractivity contribution in [3.05, 3.63) is 45.9 Å². The number of thioether (sulfide) groups is 1. The van der Waals surface area contributed by atoms with Gasteiger partial charge in [0.1, 0.15) is 6.20 Å². The minimum atomic E-state index is -0.405. The third-order valence-electron chi connectivity index (χ3n) is 2.85. The van der Waals surface area contributed by atoms with E-state index in [0.29, 0.717) is 5.16 Å². The van der Waals surface area contributed by atoms with E-state index in [-0.39, 0.29) is 11.5 Å². The second kappa shape index (κ2) is 6.53. The summed E-state index contributed by atoms with van der Waals surface area (Å²) in [4.78, 5) is 25.8. The van der Waals surface area contributed by atoms with Crippen LogP contribution in [0.2, 0.25) is 0 Å². The lowest BCUT2D eigenvalue weighted by molar-refractivity contribution is -0.115. The molecule has 1 aromatic carbocycles. The molecule has 0 fully saturated rings. The maximum Gasteiger partial charge on any atom is 0.270 e. The first-order chi connectivity index (χ1) is 9.95. The van der Waals surface area contributed by atoms with Gasteiger partial charge in [-0.3, -0.25) is 14.6 Å². The van der Waals surface area contributed by atoms with Gasteiger partial charge in [-0.15, -0.1) is 5.10 Å². The van der Waals surface area contributed by atoms with Crippen LogP contribution in [0, 0.1) is 13.8 Å². The van der Waals surface area contributed by atoms with Crippen LogP contribution < -0.4 is 10.9 Å². The van der Waals surface area contributed by atoms with Crippen molar-refractivity contribution in [1.29, 1.82) is 0 Å². The zero-order valence-electron chi connectivity index (χ0n) is 12.0. The normalized spacial score (nSPS) is 12.0. The van der Waals surface area contributed by atoms with E-state index < -0.39 is 5.25 Å². The van der Waals surface area contributed by atoms with Gasteiger partial charge in [0.25, 0.3) is 5.56 Å². The molecule has 1 aromatic heterocycles. The number of amides is 1. The van der Waals surface area contributed by atoms with Crippen LogP contribution in [0.5, 0.6) is 0 Å². The Labute approximate surface area is 126 Å². The van der Waals surface area contributed by atoms with Crippen molar-refractivity contribution in [1.82, 2.24) is 15.2 Å². The molecule has 110 valence electrons. The van der Waals surface area contributed by atoms with Crippen molar-refractivity contribution in [2.24, 2.45) is 0 Å². The number of anilines is 1. The van der Waals surface area contributed by atoms with Crippen molar-refractivity contribution >= 4 is 23.4 Å². The van der Waals surface area contributed by atoms with E-state index in [9.17, 15) is 9.59 Å². The fraction of sp³-hybridized carbons (Fsp3) is 0.286. The second-order valence-corrected chi connectivity index (χ2v) is 6.04. The van der Waals surface area contributed by atoms with Gasteiger partial charge in [0.15, 0.2) is 5.16 Å². The molecule has 0 saturated carbocycles. The summed E-state index contributed by atoms with van der Waals surface area (Å²) in [7, 11) is 0. The molecule has 0 aliphatic heterocycles. The number of carbonyl (C=O) groups is 1. The highest BCUT2D eigenvalue weighted by Gasteiger charge is 2.16. The zero-order valence-corrected chi connectivity index (χ0v) is 12.8. The molecule has 0 radical (unpaired) electrons. The molecule has 21 heavy (non-hydrogen) atoms. The zero-order chi connectivity index (χ0) is 15.4. The standard InChI is InChI=1S/C14H16N4O2S/c1-8-4-5-11(9(2)6-8)16-13(20)10(3)21-14-17-12(19)7-15-18-14/h4-7,10H,1-3H3,(H,16,20)(H,17,18,19). The summed E-state index contributed by atoms with van der Waals surface area (Å²) >= 11 is 1.15. The number of hydrogen-bond acceptors (Lipinski definition) is 5. The maximum absolute atomic E-state index is 12.2. The average Bonchev–Trinajstić information content (AvgIpc) is 2.41. The molecule has 0 aliphatic carbocycles. The Bertz CT molecular complexity index is 714. The van der Waals surface area contributed by atoms with Gasteiger partial charge >= 0.3 is 0 Å². The SMILES string of the molecule is Cc1ccc(NC(=O)C(C)Sc2nncc(=O)[nH]2)c(C)c1. The number of H-pyrrole nitrogens is 1. The third-order valence-corrected chi connectivity index (χ3v) is 3.83. The number of hydrogen-bond donors (Lipinski definition) is 2. The molecule has 0 saturated heterocycles. The lowest BCUT2D eigenvalue weighted by Gasteiger charge is -2.13. The molecular formula is C14H16N4O2S. The van der Waals surface area contributed by atoms with Gasteiger partial charge < -0.3 is 5.32 Å². The molecule has 1 atom stereocenters. The first kappa shape index (κ1) is 15.2. The van der Waals surface area contributed by atoms with Crippen LogP contribution in [0.4, 0.5) is 5.69 Å². The minimum Gasteiger partial charge on any atom is -0.325 e. The van der Waals surface area contributed by atoms with Crippen molar-refractivity contribution in [2.75, 3.05) is 5.32 Å². The van der Waals surface area contributed by atoms with Gasteiger partial charge in [0.05, 0.1) is 5.25 Å². The molecule has 0 bridgehead atoms. The molecule has 2 N–H and O–H groups in total. The summed E-state index contributed by atoms with van der Waals surface area (Å²) in [6.07, 6.45) is 1.09. The highest BCUT2D eigenvalue weighted by molar-refractivity contribution is 8.00. The highest BCUT2D eigenvalue weighted by Crippen LogP contribution is 2.21. The number of aromatic nitrogens is 3. The number of aryl methyl sites for hydroxylation is 2. The third kappa shape index (κ3) is 4.16. The number of carbonyl (C=O) groups excluding carboxylic acids is 1. The number of aromatic amines is 1. The monoisotopic (exact) mass is 304 g/mol. The van der Waals surface area contributed by atoms with E-state index in [0.717, 1.165) is 34.8 Å². The quantitative estimate of drug-likeness (QED) is 0.842. The van der Waals surface area contributed by atoms with Crippen molar-refractivity contribution < 1.29 is 4.79 Å². The summed E-state index contributed by atoms with van der Waals surface area (Å²) in [5.41, 5.74) is 2.60. The molecular weight excluding hydrogens is 288 g/mol. The highest BCUT2D eigenvalue weighted by atomic mass is 32.2. The largest absolute Gasteiger partial charge is 0.325 e. The van der Waals surface area contributed by atoms with Crippen LogP contribution >= 0.6 is 11.8 Å². The van der Waals surface area contributed by atoms with E-state index >= 15 is 0 Å². The first-order valence-electron chi connectivity index (χ1n) is 6.42. The molecule has 2 aromatic rings. The van der Waals surface area contributed by atoms with Crippen LogP contribution in [0.15, 0.2) is 34.3 Å². The predicted molar refractivity (Wildman–Crippen MR) is 82.5 cm³/mol. The van der Waals surface area contributed by atoms with Crippen LogP contribution in [0.25, 0.3) is 0 Å². The fourth-order valence-corrected chi connectivity index (χ4v) is 2.51. The van der Waals surface area contributed by atoms with E-state index in [1.165, 1.54) is 0 Å². The van der Waals surface area contributed by atoms with Gasteiger partial charge in [-0.1, -0.05) is 29.5 Å². The number of rotatable bonds is 4. The Morgan fingerprint density at radius 2 is 2.14 bits per heavy atom. The molecule has 1 heterocycles. The summed E-state index contributed by atoms with van der Waals surface area (Å²) < 4.78 is 0. The van der Waals surface area contributed by atoms with E-state index in [2.05, 4.69) is 20.5 Å². The molecule has 6 nitrogen and oxygen atoms in total. The Hall–Kier alpha value is -2.15. The van der Waals surface area contributed by atoms with E-state index in [1.54, 1.807) is 6.92 Å². The van der Waals surface area contributed by atoms with Crippen LogP contribution in [0.1, 0.15) is 18.1 Å². The lowest BCUT2D eigenvalue weighted by atomic mass is 10.1. The van der Waals surface area contributed by atoms with E-state index in [1.807, 2.05) is 32.0 Å². The number of nitrogens with zero attached hydrogens (tertiary/aromatic N) is 2. The lowest BCUT2D eigenvalue weighted by Crippen LogP contribution is -2.23. The van der Waals surface area contributed by atoms with Crippen LogP contribution in [0.3, 0.4) is 0 Å². The summed E-state index contributed by atoms with van der Waals surface area (Å²) in [6, 6.07) is 5.83. The van der Waals surface area contributed by atoms with Gasteiger partial charge in [0.2, 0.25) is 5.91 Å². The summed E-state index contributed by atoms with van der Waals surface area (Å²) in [6.45, 7) is 5.69. The Balaban J connectivity index is 2.04. The summed E-state index contributed by atoms with van der Waals surface area (Å²) in [5.74, 6) is -0.154.